The van der Waals surface area contributed by atoms with Crippen LogP contribution in [-0.2, 0) is 10.5 Å². The molecule has 1 atom stereocenters. The van der Waals surface area contributed by atoms with Crippen LogP contribution in [0.3, 0.4) is 0 Å². The zero-order chi connectivity index (χ0) is 13.0. The molecule has 0 unspecified atom stereocenters. The average Bonchev–Trinajstić information content (AvgIpc) is 2.38. The van der Waals surface area contributed by atoms with Gasteiger partial charge >= 0.3 is 0 Å². The summed E-state index contributed by atoms with van der Waals surface area (Å²) in [4.78, 5) is 10.6. The Morgan fingerprint density at radius 1 is 1.22 bits per heavy atom. The van der Waals surface area contributed by atoms with Crippen molar-refractivity contribution in [2.75, 3.05) is 5.75 Å². The Hall–Kier alpha value is -1.52. The number of aliphatic carboxylic acids is 1. The molecule has 4 heteroatoms. The minimum Gasteiger partial charge on any atom is -0.544 e. The SMILES string of the molecule is [NH3+][C@@H](CSCc1cccc2ccccc12)C(=O)[O-]. The summed E-state index contributed by atoms with van der Waals surface area (Å²) in [7, 11) is 0. The van der Waals surface area contributed by atoms with Gasteiger partial charge in [0.25, 0.3) is 0 Å². The van der Waals surface area contributed by atoms with E-state index in [1.165, 1.54) is 16.3 Å². The van der Waals surface area contributed by atoms with Gasteiger partial charge in [-0.3, -0.25) is 0 Å². The van der Waals surface area contributed by atoms with Gasteiger partial charge in [-0.05, 0) is 16.3 Å². The normalized spacial score (nSPS) is 12.5. The fraction of sp³-hybridized carbons (Fsp3) is 0.214. The molecule has 0 spiro atoms. The summed E-state index contributed by atoms with van der Waals surface area (Å²) in [5.41, 5.74) is 4.77. The minimum atomic E-state index is -1.08. The first-order valence-corrected chi connectivity index (χ1v) is 6.92. The Bertz CT molecular complexity index is 551. The van der Waals surface area contributed by atoms with Gasteiger partial charge in [-0.1, -0.05) is 42.5 Å². The first-order valence-electron chi connectivity index (χ1n) is 5.77. The van der Waals surface area contributed by atoms with Crippen molar-refractivity contribution in [1.82, 2.24) is 0 Å². The molecule has 18 heavy (non-hydrogen) atoms. The van der Waals surface area contributed by atoms with Crippen LogP contribution < -0.4 is 10.8 Å². The number of fused-ring (bicyclic) bond motifs is 1. The molecule has 0 heterocycles. The third-order valence-electron chi connectivity index (χ3n) is 2.79. The van der Waals surface area contributed by atoms with Crippen molar-refractivity contribution in [3.05, 3.63) is 48.0 Å². The molecular weight excluding hydrogens is 246 g/mol. The van der Waals surface area contributed by atoms with E-state index in [4.69, 9.17) is 0 Å². The van der Waals surface area contributed by atoms with Gasteiger partial charge in [-0.25, -0.2) is 0 Å². The van der Waals surface area contributed by atoms with Crippen molar-refractivity contribution < 1.29 is 15.6 Å². The van der Waals surface area contributed by atoms with Crippen molar-refractivity contribution in [1.29, 1.82) is 0 Å². The third kappa shape index (κ3) is 3.03. The molecule has 3 nitrogen and oxygen atoms in total. The predicted molar refractivity (Wildman–Crippen MR) is 71.8 cm³/mol. The van der Waals surface area contributed by atoms with Gasteiger partial charge in [0.15, 0.2) is 0 Å². The highest BCUT2D eigenvalue weighted by Crippen LogP contribution is 2.22. The maximum Gasteiger partial charge on any atom is 0.134 e. The lowest BCUT2D eigenvalue weighted by atomic mass is 10.1. The number of carboxylic acids is 1. The molecule has 0 radical (unpaired) electrons. The molecule has 0 aliphatic rings. The molecule has 3 N–H and O–H groups in total. The average molecular weight is 261 g/mol. The summed E-state index contributed by atoms with van der Waals surface area (Å²) in [5, 5.41) is 13.0. The molecule has 0 aliphatic heterocycles. The molecule has 2 aromatic rings. The Morgan fingerprint density at radius 2 is 1.94 bits per heavy atom. The molecule has 0 fully saturated rings. The zero-order valence-electron chi connectivity index (χ0n) is 9.96. The molecule has 0 saturated heterocycles. The van der Waals surface area contributed by atoms with Crippen molar-refractivity contribution in [3.63, 3.8) is 0 Å². The summed E-state index contributed by atoms with van der Waals surface area (Å²) in [6.45, 7) is 0. The van der Waals surface area contributed by atoms with E-state index in [1.54, 1.807) is 11.8 Å². The first-order chi connectivity index (χ1) is 8.68. The zero-order valence-corrected chi connectivity index (χ0v) is 10.8. The highest BCUT2D eigenvalue weighted by molar-refractivity contribution is 7.98. The summed E-state index contributed by atoms with van der Waals surface area (Å²) in [5.74, 6) is 0.187. The van der Waals surface area contributed by atoms with Crippen LogP contribution in [0.1, 0.15) is 5.56 Å². The van der Waals surface area contributed by atoms with E-state index in [0.717, 1.165) is 5.75 Å². The van der Waals surface area contributed by atoms with Crippen molar-refractivity contribution in [3.8, 4) is 0 Å². The fourth-order valence-corrected chi connectivity index (χ4v) is 2.81. The Morgan fingerprint density at radius 3 is 2.72 bits per heavy atom. The monoisotopic (exact) mass is 261 g/mol. The second-order valence-electron chi connectivity index (χ2n) is 4.17. The molecule has 0 aromatic heterocycles. The van der Waals surface area contributed by atoms with E-state index < -0.39 is 12.0 Å². The van der Waals surface area contributed by atoms with E-state index in [9.17, 15) is 9.90 Å². The van der Waals surface area contributed by atoms with Crippen LogP contribution in [0.2, 0.25) is 0 Å². The number of rotatable bonds is 5. The van der Waals surface area contributed by atoms with Crippen molar-refractivity contribution in [2.45, 2.75) is 11.8 Å². The molecule has 0 aliphatic carbocycles. The second-order valence-corrected chi connectivity index (χ2v) is 5.20. The van der Waals surface area contributed by atoms with E-state index in [0.29, 0.717) is 5.75 Å². The van der Waals surface area contributed by atoms with Crippen LogP contribution in [0, 0.1) is 0 Å². The standard InChI is InChI=1S/C14H15NO2S/c15-13(14(16)17)9-18-8-11-6-3-5-10-4-1-2-7-12(10)11/h1-7,13H,8-9,15H2,(H,16,17)/t13-/m0/s1. The predicted octanol–water partition coefficient (Wildman–Crippen LogP) is 0.433. The Labute approximate surface area is 110 Å². The lowest BCUT2D eigenvalue weighted by molar-refractivity contribution is -0.431. The number of hydrogen-bond acceptors (Lipinski definition) is 3. The Balaban J connectivity index is 2.06. The highest BCUT2D eigenvalue weighted by Gasteiger charge is 2.07. The number of hydrogen-bond donors (Lipinski definition) is 1. The fourth-order valence-electron chi connectivity index (χ4n) is 1.80. The lowest BCUT2D eigenvalue weighted by Crippen LogP contribution is -2.69. The highest BCUT2D eigenvalue weighted by atomic mass is 32.2. The molecule has 94 valence electrons. The molecule has 2 aromatic carbocycles. The number of thioether (sulfide) groups is 1. The van der Waals surface area contributed by atoms with Crippen molar-refractivity contribution >= 4 is 28.5 Å². The van der Waals surface area contributed by atoms with E-state index in [1.807, 2.05) is 18.2 Å². The van der Waals surface area contributed by atoms with Gasteiger partial charge in [-0.2, -0.15) is 11.8 Å². The van der Waals surface area contributed by atoms with Gasteiger partial charge in [0.1, 0.15) is 6.04 Å². The molecule has 0 amide bonds. The number of carbonyl (C=O) groups is 1. The van der Waals surface area contributed by atoms with Crippen LogP contribution in [0.25, 0.3) is 10.8 Å². The van der Waals surface area contributed by atoms with E-state index in [-0.39, 0.29) is 0 Å². The largest absolute Gasteiger partial charge is 0.544 e. The second kappa shape index (κ2) is 5.89. The summed E-state index contributed by atoms with van der Waals surface area (Å²) in [6, 6.07) is 13.7. The van der Waals surface area contributed by atoms with Gasteiger partial charge in [-0.15, -0.1) is 0 Å². The maximum absolute atomic E-state index is 10.6. The molecule has 0 bridgehead atoms. The van der Waals surface area contributed by atoms with Crippen LogP contribution in [0.4, 0.5) is 0 Å². The van der Waals surface area contributed by atoms with Crippen LogP contribution >= 0.6 is 11.8 Å². The van der Waals surface area contributed by atoms with Crippen LogP contribution in [0.5, 0.6) is 0 Å². The smallest absolute Gasteiger partial charge is 0.134 e. The van der Waals surface area contributed by atoms with Gasteiger partial charge in [0.2, 0.25) is 0 Å². The topological polar surface area (TPSA) is 67.8 Å². The maximum atomic E-state index is 10.6. The summed E-state index contributed by atoms with van der Waals surface area (Å²) in [6.07, 6.45) is 0. The van der Waals surface area contributed by atoms with Crippen molar-refractivity contribution in [2.24, 2.45) is 0 Å². The van der Waals surface area contributed by atoms with Crippen LogP contribution in [-0.4, -0.2) is 17.8 Å². The third-order valence-corrected chi connectivity index (χ3v) is 3.94. The van der Waals surface area contributed by atoms with Gasteiger partial charge in [0.05, 0.1) is 11.7 Å². The summed E-state index contributed by atoms with van der Waals surface area (Å²) >= 11 is 1.57. The minimum absolute atomic E-state index is 0.478. The molecule has 0 saturated carbocycles. The Kier molecular flexibility index (Phi) is 4.23. The number of carboxylic acid groups (broad SMARTS) is 1. The quantitative estimate of drug-likeness (QED) is 0.849. The molecular formula is C14H15NO2S. The molecule has 2 rings (SSSR count). The number of quaternary nitrogens is 1. The number of benzene rings is 2. The lowest BCUT2D eigenvalue weighted by Gasteiger charge is -2.10. The van der Waals surface area contributed by atoms with E-state index >= 15 is 0 Å². The summed E-state index contributed by atoms with van der Waals surface area (Å²) < 4.78 is 0. The van der Waals surface area contributed by atoms with Gasteiger partial charge < -0.3 is 15.6 Å². The first kappa shape index (κ1) is 12.9. The van der Waals surface area contributed by atoms with Gasteiger partial charge in [0, 0.05) is 5.75 Å². The van der Waals surface area contributed by atoms with E-state index in [2.05, 4.69) is 30.0 Å². The van der Waals surface area contributed by atoms with Crippen LogP contribution in [0.15, 0.2) is 42.5 Å². The number of carbonyl (C=O) groups excluding carboxylic acids is 1.